The van der Waals surface area contributed by atoms with Gasteiger partial charge in [0.05, 0.1) is 11.4 Å². The van der Waals surface area contributed by atoms with Crippen LogP contribution in [0.4, 0.5) is 11.4 Å². The molecule has 0 unspecified atom stereocenters. The van der Waals surface area contributed by atoms with Gasteiger partial charge in [-0.1, -0.05) is 0 Å². The van der Waals surface area contributed by atoms with Crippen LogP contribution in [-0.2, 0) is 30.7 Å². The number of hydrogen-bond acceptors (Lipinski definition) is 8. The SMILES string of the molecule is CN(C)CCCNC(=O)CCNC(=O)c1cc(NC(=O)c2cc(NC(=O)C3=C(O)C(=NC(=O)c4nccn4C)C=[N+]3C)cn2C)cn1C. The van der Waals surface area contributed by atoms with Gasteiger partial charge in [0, 0.05) is 65.4 Å². The fourth-order valence-corrected chi connectivity index (χ4v) is 4.87. The van der Waals surface area contributed by atoms with Crippen molar-refractivity contribution >= 4 is 52.8 Å². The zero-order chi connectivity index (χ0) is 35.1. The number of carbonyl (C=O) groups is 5. The Kier molecular flexibility index (Phi) is 11.1. The first-order valence-corrected chi connectivity index (χ1v) is 15.0. The molecule has 5 N–H and O–H groups in total. The summed E-state index contributed by atoms with van der Waals surface area (Å²) in [6.45, 7) is 1.58. The van der Waals surface area contributed by atoms with Crippen LogP contribution in [0.15, 0.2) is 53.4 Å². The molecule has 254 valence electrons. The Balaban J connectivity index is 1.34. The molecule has 4 rings (SSSR count). The van der Waals surface area contributed by atoms with E-state index in [1.807, 2.05) is 19.0 Å². The fraction of sp³-hybridized carbons (Fsp3) is 0.355. The highest BCUT2D eigenvalue weighted by Gasteiger charge is 2.35. The molecule has 3 aromatic heterocycles. The Morgan fingerprint density at radius 1 is 0.896 bits per heavy atom. The van der Waals surface area contributed by atoms with Crippen molar-refractivity contribution in [3.63, 3.8) is 0 Å². The molecule has 0 atom stereocenters. The van der Waals surface area contributed by atoms with Crippen LogP contribution in [0.5, 0.6) is 0 Å². The molecule has 17 nitrogen and oxygen atoms in total. The molecule has 1 aliphatic rings. The van der Waals surface area contributed by atoms with Gasteiger partial charge in [0.15, 0.2) is 11.9 Å². The molecule has 0 aromatic carbocycles. The molecular weight excluding hydrogens is 622 g/mol. The lowest BCUT2D eigenvalue weighted by atomic mass is 10.3. The van der Waals surface area contributed by atoms with Crippen LogP contribution in [0.25, 0.3) is 0 Å². The normalized spacial score (nSPS) is 13.6. The maximum absolute atomic E-state index is 13.1. The Hall–Kier alpha value is -5.84. The maximum atomic E-state index is 13.1. The Morgan fingerprint density at radius 2 is 1.52 bits per heavy atom. The number of anilines is 2. The Labute approximate surface area is 276 Å². The van der Waals surface area contributed by atoms with Crippen molar-refractivity contribution < 1.29 is 33.7 Å². The molecule has 48 heavy (non-hydrogen) atoms. The van der Waals surface area contributed by atoms with Crippen LogP contribution in [0, 0.1) is 0 Å². The smallest absolute Gasteiger partial charge is 0.324 e. The fourth-order valence-electron chi connectivity index (χ4n) is 4.87. The van der Waals surface area contributed by atoms with Crippen LogP contribution in [0.3, 0.4) is 0 Å². The highest BCUT2D eigenvalue weighted by atomic mass is 16.3. The molecular formula is C31H40N11O6+. The number of imidazole rings is 1. The van der Waals surface area contributed by atoms with E-state index in [9.17, 15) is 29.1 Å². The highest BCUT2D eigenvalue weighted by molar-refractivity contribution is 6.40. The molecule has 1 aliphatic heterocycles. The van der Waals surface area contributed by atoms with Crippen molar-refractivity contribution in [2.45, 2.75) is 12.8 Å². The maximum Gasteiger partial charge on any atom is 0.324 e. The molecule has 0 fully saturated rings. The van der Waals surface area contributed by atoms with Crippen LogP contribution in [0.1, 0.15) is 44.4 Å². The third kappa shape index (κ3) is 8.49. The van der Waals surface area contributed by atoms with E-state index in [4.69, 9.17) is 0 Å². The van der Waals surface area contributed by atoms with E-state index in [0.717, 1.165) is 13.0 Å². The topological polar surface area (TPSA) is 200 Å². The number of nitrogens with one attached hydrogen (secondary N) is 4. The lowest BCUT2D eigenvalue weighted by Crippen LogP contribution is -2.32. The molecule has 3 aromatic rings. The lowest BCUT2D eigenvalue weighted by molar-refractivity contribution is -0.430. The summed E-state index contributed by atoms with van der Waals surface area (Å²) in [4.78, 5) is 73.3. The van der Waals surface area contributed by atoms with Gasteiger partial charge in [-0.2, -0.15) is 9.57 Å². The zero-order valence-corrected chi connectivity index (χ0v) is 27.7. The van der Waals surface area contributed by atoms with E-state index in [0.29, 0.717) is 12.2 Å². The molecule has 0 saturated heterocycles. The largest absolute Gasteiger partial charge is 0.500 e. The third-order valence-electron chi connectivity index (χ3n) is 7.32. The first kappa shape index (κ1) is 35.0. The second-order valence-electron chi connectivity index (χ2n) is 11.5. The van der Waals surface area contributed by atoms with E-state index >= 15 is 0 Å². The molecule has 0 saturated carbocycles. The third-order valence-corrected chi connectivity index (χ3v) is 7.32. The first-order chi connectivity index (χ1) is 22.7. The summed E-state index contributed by atoms with van der Waals surface area (Å²) < 4.78 is 5.87. The minimum atomic E-state index is -0.695. The molecule has 0 spiro atoms. The number of rotatable bonds is 13. The number of carbonyl (C=O) groups excluding carboxylic acids is 5. The van der Waals surface area contributed by atoms with Gasteiger partial charge in [-0.25, -0.2) is 4.98 Å². The van der Waals surface area contributed by atoms with Gasteiger partial charge < -0.3 is 45.0 Å². The summed E-state index contributed by atoms with van der Waals surface area (Å²) in [6, 6.07) is 2.96. The lowest BCUT2D eigenvalue weighted by Gasteiger charge is -2.10. The molecule has 17 heteroatoms. The number of aliphatic hydroxyl groups excluding tert-OH is 1. The predicted octanol–water partition coefficient (Wildman–Crippen LogP) is 0.253. The minimum Gasteiger partial charge on any atom is -0.500 e. The second kappa shape index (κ2) is 15.2. The number of aryl methyl sites for hydroxylation is 3. The average Bonchev–Trinajstić information content (AvgIpc) is 3.77. The van der Waals surface area contributed by atoms with Crippen molar-refractivity contribution in [3.05, 3.63) is 65.6 Å². The first-order valence-electron chi connectivity index (χ1n) is 15.0. The van der Waals surface area contributed by atoms with Gasteiger partial charge in [-0.05, 0) is 39.2 Å². The number of amides is 5. The van der Waals surface area contributed by atoms with Crippen molar-refractivity contribution in [3.8, 4) is 0 Å². The molecule has 0 bridgehead atoms. The second-order valence-corrected chi connectivity index (χ2v) is 11.5. The van der Waals surface area contributed by atoms with E-state index in [1.165, 1.54) is 51.5 Å². The van der Waals surface area contributed by atoms with Crippen molar-refractivity contribution in [2.75, 3.05) is 51.4 Å². The van der Waals surface area contributed by atoms with E-state index in [2.05, 4.69) is 31.2 Å². The summed E-state index contributed by atoms with van der Waals surface area (Å²) in [7, 11) is 10.3. The molecule has 0 radical (unpaired) electrons. The summed E-state index contributed by atoms with van der Waals surface area (Å²) in [5.41, 5.74) is 0.869. The Morgan fingerprint density at radius 3 is 2.12 bits per heavy atom. The number of likely N-dealkylation sites (N-methyl/N-ethyl adjacent to an activating group) is 1. The van der Waals surface area contributed by atoms with E-state index in [1.54, 1.807) is 38.1 Å². The number of allylic oxidation sites excluding steroid dienone is 1. The minimum absolute atomic E-state index is 0.0670. The van der Waals surface area contributed by atoms with Crippen LogP contribution >= 0.6 is 0 Å². The summed E-state index contributed by atoms with van der Waals surface area (Å²) >= 11 is 0. The van der Waals surface area contributed by atoms with Crippen LogP contribution in [0.2, 0.25) is 0 Å². The van der Waals surface area contributed by atoms with Crippen molar-refractivity contribution in [1.29, 1.82) is 0 Å². The quantitative estimate of drug-likeness (QED) is 0.127. The summed E-state index contributed by atoms with van der Waals surface area (Å²) in [5.74, 6) is -2.86. The zero-order valence-electron chi connectivity index (χ0n) is 27.7. The average molecular weight is 663 g/mol. The van der Waals surface area contributed by atoms with E-state index < -0.39 is 29.4 Å². The molecule has 0 aliphatic carbocycles. The Bertz CT molecular complexity index is 1840. The van der Waals surface area contributed by atoms with Gasteiger partial charge in [0.1, 0.15) is 18.4 Å². The highest BCUT2D eigenvalue weighted by Crippen LogP contribution is 2.20. The van der Waals surface area contributed by atoms with Crippen molar-refractivity contribution in [1.82, 2.24) is 34.2 Å². The number of aromatic nitrogens is 4. The number of nitrogens with zero attached hydrogens (tertiary/aromatic N) is 7. The van der Waals surface area contributed by atoms with Gasteiger partial charge in [0.2, 0.25) is 17.5 Å². The summed E-state index contributed by atoms with van der Waals surface area (Å²) in [5, 5.41) is 21.6. The predicted molar refractivity (Wildman–Crippen MR) is 177 cm³/mol. The van der Waals surface area contributed by atoms with Gasteiger partial charge in [0.25, 0.3) is 11.8 Å². The number of aliphatic hydroxyl groups is 1. The van der Waals surface area contributed by atoms with Crippen LogP contribution < -0.4 is 21.3 Å². The monoisotopic (exact) mass is 662 g/mol. The molecule has 4 heterocycles. The van der Waals surface area contributed by atoms with E-state index in [-0.39, 0.29) is 53.2 Å². The number of hydrogen-bond donors (Lipinski definition) is 5. The summed E-state index contributed by atoms with van der Waals surface area (Å²) in [6.07, 6.45) is 8.43. The standard InChI is InChI=1S/C31H39N11O6/c1-38(2)12-7-9-32-24(43)8-10-34-28(45)22-14-19(16-40(22)4)35-29(46)23-15-20(17-41(23)5)36-30(47)25-26(44)21(18-42(25)6)37-31(48)27-33-11-13-39(27)3/h11,13-18H,7-10,12H2,1-6H3,(H4-,32,34,35,36,37,43,44,45,46,47,48)/p+1. The van der Waals surface area contributed by atoms with Gasteiger partial charge in [-0.15, -0.1) is 0 Å². The van der Waals surface area contributed by atoms with Gasteiger partial charge >= 0.3 is 17.5 Å². The number of aliphatic imine (C=N–C) groups is 1. The van der Waals surface area contributed by atoms with Crippen molar-refractivity contribution in [2.24, 2.45) is 26.1 Å². The van der Waals surface area contributed by atoms with Crippen LogP contribution in [-0.4, -0.2) is 116 Å². The van der Waals surface area contributed by atoms with Gasteiger partial charge in [-0.3, -0.25) is 24.0 Å². The molecule has 5 amide bonds.